The highest BCUT2D eigenvalue weighted by Crippen LogP contribution is 2.60. The number of aromatic hydroxyl groups is 6. The van der Waals surface area contributed by atoms with Crippen molar-refractivity contribution in [2.45, 2.75) is 45.0 Å². The predicted octanol–water partition coefficient (Wildman–Crippen LogP) is 7.42. The van der Waals surface area contributed by atoms with Crippen molar-refractivity contribution in [2.75, 3.05) is 0 Å². The van der Waals surface area contributed by atoms with E-state index in [9.17, 15) is 35.7 Å². The topological polar surface area (TPSA) is 160 Å². The van der Waals surface area contributed by atoms with E-state index in [1.54, 1.807) is 56.3 Å². The summed E-state index contributed by atoms with van der Waals surface area (Å²) in [6, 6.07) is 19.1. The van der Waals surface area contributed by atoms with Gasteiger partial charge in [0, 0.05) is 34.4 Å². The molecule has 0 unspecified atom stereocenters. The molecule has 0 saturated heterocycles. The van der Waals surface area contributed by atoms with Crippen molar-refractivity contribution < 1.29 is 45.2 Å². The van der Waals surface area contributed by atoms with Crippen molar-refractivity contribution in [2.24, 2.45) is 0 Å². The van der Waals surface area contributed by atoms with Gasteiger partial charge in [-0.3, -0.25) is 0 Å². The third-order valence-electron chi connectivity index (χ3n) is 8.82. The van der Waals surface area contributed by atoms with Gasteiger partial charge in [0.05, 0.1) is 22.3 Å². The standard InChI is InChI=1S/C39H34O9/c1-20-14-27-25-9-8-24(41)19-33(25)47-39(29-10-11-30(42)26(37(29)45)12-13-38(2,3)46)36(27)28(15-20)35-32(44)16-21(17-34(35)48-39)4-5-22-6-7-23(40)18-31(22)43/h4-11,14-19,40-46H,12-13H2,1-3H3/t39-/m1/s1. The number of benzene rings is 5. The largest absolute Gasteiger partial charge is 0.508 e. The maximum Gasteiger partial charge on any atom is 0.310 e. The van der Waals surface area contributed by atoms with Crippen molar-refractivity contribution >= 4 is 12.2 Å². The van der Waals surface area contributed by atoms with E-state index in [1.807, 2.05) is 19.1 Å². The summed E-state index contributed by atoms with van der Waals surface area (Å²) in [4.78, 5) is 0. The predicted molar refractivity (Wildman–Crippen MR) is 181 cm³/mol. The van der Waals surface area contributed by atoms with Gasteiger partial charge in [-0.15, -0.1) is 0 Å². The molecule has 1 atom stereocenters. The van der Waals surface area contributed by atoms with Crippen LogP contribution in [0.2, 0.25) is 0 Å². The van der Waals surface area contributed by atoms with E-state index in [-0.39, 0.29) is 70.0 Å². The average Bonchev–Trinajstić information content (AvgIpc) is 2.99. The minimum absolute atomic E-state index is 0.0419. The maximum atomic E-state index is 11.9. The SMILES string of the molecule is Cc1cc2c3c(c1)-c1c(O)cc(C=Cc4ccc(O)cc4O)cc1O[C@@]3(c1ccc(O)c(CCC(C)(C)O)c1O)Oc1cc(O)ccc1-2. The molecule has 0 aromatic heterocycles. The second-order valence-electron chi connectivity index (χ2n) is 13.0. The molecular formula is C39H34O9. The molecule has 5 aromatic carbocycles. The van der Waals surface area contributed by atoms with Crippen molar-refractivity contribution in [3.8, 4) is 68.2 Å². The lowest BCUT2D eigenvalue weighted by atomic mass is 9.78. The summed E-state index contributed by atoms with van der Waals surface area (Å²) in [6.45, 7) is 5.21. The van der Waals surface area contributed by atoms with Crippen LogP contribution in [0.25, 0.3) is 34.4 Å². The Morgan fingerprint density at radius 2 is 1.40 bits per heavy atom. The molecule has 2 aliphatic heterocycles. The molecule has 9 nitrogen and oxygen atoms in total. The second kappa shape index (κ2) is 10.9. The van der Waals surface area contributed by atoms with Gasteiger partial charge in [-0.2, -0.15) is 0 Å². The van der Waals surface area contributed by atoms with Gasteiger partial charge < -0.3 is 45.2 Å². The fourth-order valence-electron chi connectivity index (χ4n) is 6.54. The summed E-state index contributed by atoms with van der Waals surface area (Å²) in [5, 5.41) is 75.1. The highest BCUT2D eigenvalue weighted by Gasteiger charge is 2.52. The molecule has 0 spiro atoms. The molecule has 7 rings (SSSR count). The summed E-state index contributed by atoms with van der Waals surface area (Å²) in [7, 11) is 0. The van der Waals surface area contributed by atoms with Crippen LogP contribution in [0.3, 0.4) is 0 Å². The van der Waals surface area contributed by atoms with E-state index in [2.05, 4.69) is 0 Å². The number of ether oxygens (including phenoxy) is 2. The molecule has 9 heteroatoms. The Balaban J connectivity index is 1.48. The van der Waals surface area contributed by atoms with E-state index >= 15 is 0 Å². The van der Waals surface area contributed by atoms with Crippen LogP contribution in [0.1, 0.15) is 53.6 Å². The van der Waals surface area contributed by atoms with Crippen LogP contribution >= 0.6 is 0 Å². The Morgan fingerprint density at radius 1 is 0.688 bits per heavy atom. The molecule has 0 saturated carbocycles. The lowest BCUT2D eigenvalue weighted by Gasteiger charge is -2.45. The number of fused-ring (bicyclic) bond motifs is 4. The molecule has 0 amide bonds. The zero-order valence-electron chi connectivity index (χ0n) is 26.4. The smallest absolute Gasteiger partial charge is 0.310 e. The van der Waals surface area contributed by atoms with Gasteiger partial charge >= 0.3 is 5.79 Å². The van der Waals surface area contributed by atoms with Gasteiger partial charge in [-0.1, -0.05) is 24.3 Å². The van der Waals surface area contributed by atoms with Crippen LogP contribution in [-0.2, 0) is 12.2 Å². The van der Waals surface area contributed by atoms with Crippen LogP contribution in [0.4, 0.5) is 0 Å². The van der Waals surface area contributed by atoms with Gasteiger partial charge in [0.2, 0.25) is 0 Å². The number of phenols is 6. The quantitative estimate of drug-likeness (QED) is 0.0932. The van der Waals surface area contributed by atoms with Gasteiger partial charge in [-0.25, -0.2) is 0 Å². The summed E-state index contributed by atoms with van der Waals surface area (Å²) in [6.07, 6.45) is 3.68. The van der Waals surface area contributed by atoms with E-state index < -0.39 is 11.4 Å². The second-order valence-corrected chi connectivity index (χ2v) is 13.0. The Labute approximate surface area is 276 Å². The molecule has 5 aromatic rings. The van der Waals surface area contributed by atoms with E-state index in [1.165, 1.54) is 30.3 Å². The number of hydrogen-bond acceptors (Lipinski definition) is 9. The third-order valence-corrected chi connectivity index (χ3v) is 8.82. The summed E-state index contributed by atoms with van der Waals surface area (Å²) < 4.78 is 13.5. The van der Waals surface area contributed by atoms with Gasteiger partial charge in [0.15, 0.2) is 0 Å². The summed E-state index contributed by atoms with van der Waals surface area (Å²) >= 11 is 0. The van der Waals surface area contributed by atoms with Crippen LogP contribution < -0.4 is 9.47 Å². The lowest BCUT2D eigenvalue weighted by Crippen LogP contribution is -2.45. The van der Waals surface area contributed by atoms with Crippen LogP contribution in [0.15, 0.2) is 72.8 Å². The first kappa shape index (κ1) is 30.8. The zero-order chi connectivity index (χ0) is 34.1. The Morgan fingerprint density at radius 3 is 2.15 bits per heavy atom. The number of rotatable bonds is 6. The molecule has 0 radical (unpaired) electrons. The van der Waals surface area contributed by atoms with Crippen molar-refractivity contribution in [3.63, 3.8) is 0 Å². The van der Waals surface area contributed by atoms with E-state index in [4.69, 9.17) is 9.47 Å². The summed E-state index contributed by atoms with van der Waals surface area (Å²) in [5.41, 5.74) is 4.02. The van der Waals surface area contributed by atoms with Gasteiger partial charge in [0.25, 0.3) is 0 Å². The lowest BCUT2D eigenvalue weighted by molar-refractivity contribution is -0.0894. The molecular weight excluding hydrogens is 612 g/mol. The van der Waals surface area contributed by atoms with E-state index in [0.717, 1.165) is 5.56 Å². The molecule has 2 heterocycles. The Kier molecular flexibility index (Phi) is 6.99. The van der Waals surface area contributed by atoms with Gasteiger partial charge in [-0.05, 0) is 98.8 Å². The number of aryl methyl sites for hydroxylation is 1. The van der Waals surface area contributed by atoms with Crippen molar-refractivity contribution in [1.29, 1.82) is 0 Å². The molecule has 0 aliphatic carbocycles. The molecule has 244 valence electrons. The maximum absolute atomic E-state index is 11.9. The third kappa shape index (κ3) is 5.09. The minimum Gasteiger partial charge on any atom is -0.508 e. The number of phenolic OH excluding ortho intramolecular Hbond substituents is 6. The van der Waals surface area contributed by atoms with Crippen LogP contribution in [0, 0.1) is 6.92 Å². The zero-order valence-corrected chi connectivity index (χ0v) is 26.4. The molecule has 7 N–H and O–H groups in total. The van der Waals surface area contributed by atoms with Crippen molar-refractivity contribution in [1.82, 2.24) is 0 Å². The van der Waals surface area contributed by atoms with Gasteiger partial charge in [0.1, 0.15) is 46.0 Å². The first-order valence-electron chi connectivity index (χ1n) is 15.4. The summed E-state index contributed by atoms with van der Waals surface area (Å²) in [5.74, 6) is -2.11. The number of aliphatic hydroxyl groups is 1. The Hall–Kier alpha value is -5.80. The Bertz CT molecular complexity index is 2160. The molecule has 0 bridgehead atoms. The van der Waals surface area contributed by atoms with Crippen LogP contribution in [0.5, 0.6) is 46.0 Å². The highest BCUT2D eigenvalue weighted by molar-refractivity contribution is 5.92. The molecule has 48 heavy (non-hydrogen) atoms. The molecule has 2 aliphatic rings. The monoisotopic (exact) mass is 646 g/mol. The van der Waals surface area contributed by atoms with E-state index in [0.29, 0.717) is 38.9 Å². The fourth-order valence-corrected chi connectivity index (χ4v) is 6.54. The first-order chi connectivity index (χ1) is 22.7. The number of hydrogen-bond donors (Lipinski definition) is 7. The molecule has 0 fully saturated rings. The van der Waals surface area contributed by atoms with Crippen molar-refractivity contribution in [3.05, 3.63) is 106 Å². The minimum atomic E-state index is -1.85. The average molecular weight is 647 g/mol. The highest BCUT2D eigenvalue weighted by atomic mass is 16.7. The normalized spacial score (nSPS) is 16.1. The first-order valence-corrected chi connectivity index (χ1v) is 15.4. The fraction of sp³-hybridized carbons (Fsp3) is 0.179. The van der Waals surface area contributed by atoms with Crippen LogP contribution in [-0.4, -0.2) is 41.3 Å².